The summed E-state index contributed by atoms with van der Waals surface area (Å²) in [4.78, 5) is 13.1. The van der Waals surface area contributed by atoms with E-state index in [2.05, 4.69) is 5.32 Å². The van der Waals surface area contributed by atoms with Gasteiger partial charge in [0, 0.05) is 11.8 Å². The molecule has 192 valence electrons. The van der Waals surface area contributed by atoms with Crippen LogP contribution in [0.3, 0.4) is 0 Å². The number of ether oxygens (including phenoxy) is 3. The number of nitrogens with zero attached hydrogens (tertiary/aromatic N) is 1. The van der Waals surface area contributed by atoms with Gasteiger partial charge in [0.05, 0.1) is 31.4 Å². The molecule has 0 bridgehead atoms. The second-order valence-electron chi connectivity index (χ2n) is 8.28. The second-order valence-corrected chi connectivity index (χ2v) is 10.1. The fourth-order valence-electron chi connectivity index (χ4n) is 3.98. The average molecular weight is 513 g/mol. The SMILES string of the molecule is CCOc1ccc(N(CC(=O)Nc2c(C)cc(C)cc2C)S(=O)(=O)c2ccc(OC)c(OC)c2)cc1. The van der Waals surface area contributed by atoms with Gasteiger partial charge >= 0.3 is 0 Å². The van der Waals surface area contributed by atoms with E-state index in [9.17, 15) is 13.2 Å². The minimum Gasteiger partial charge on any atom is -0.494 e. The molecule has 9 heteroatoms. The van der Waals surface area contributed by atoms with Gasteiger partial charge in [-0.2, -0.15) is 0 Å². The topological polar surface area (TPSA) is 94.2 Å². The molecule has 3 aromatic carbocycles. The standard InChI is InChI=1S/C27H32N2O6S/c1-7-35-22-10-8-21(9-11-22)29(17-26(30)28-27-19(3)14-18(2)15-20(27)4)36(31,32)23-12-13-24(33-5)25(16-23)34-6/h8-16H,7,17H2,1-6H3,(H,28,30). The summed E-state index contributed by atoms with van der Waals surface area (Å²) in [6.07, 6.45) is 0. The Morgan fingerprint density at radius 2 is 1.50 bits per heavy atom. The van der Waals surface area contributed by atoms with E-state index in [-0.39, 0.29) is 10.6 Å². The van der Waals surface area contributed by atoms with E-state index in [0.29, 0.717) is 29.5 Å². The largest absolute Gasteiger partial charge is 0.494 e. The minimum atomic E-state index is -4.16. The van der Waals surface area contributed by atoms with E-state index in [1.807, 2.05) is 39.8 Å². The molecule has 3 rings (SSSR count). The summed E-state index contributed by atoms with van der Waals surface area (Å²) in [5.41, 5.74) is 3.86. The van der Waals surface area contributed by atoms with Crippen molar-refractivity contribution in [2.75, 3.05) is 37.0 Å². The van der Waals surface area contributed by atoms with Gasteiger partial charge in [-0.1, -0.05) is 17.7 Å². The first kappa shape index (κ1) is 26.9. The van der Waals surface area contributed by atoms with Gasteiger partial charge < -0.3 is 19.5 Å². The van der Waals surface area contributed by atoms with Crippen molar-refractivity contribution in [3.8, 4) is 17.2 Å². The van der Waals surface area contributed by atoms with E-state index in [1.165, 1.54) is 32.4 Å². The number of carbonyl (C=O) groups excluding carboxylic acids is 1. The number of aryl methyl sites for hydroxylation is 3. The summed E-state index contributed by atoms with van der Waals surface area (Å²) in [5, 5.41) is 2.89. The Bertz CT molecular complexity index is 1310. The molecule has 0 radical (unpaired) electrons. The molecule has 0 atom stereocenters. The van der Waals surface area contributed by atoms with Gasteiger partial charge in [-0.3, -0.25) is 9.10 Å². The molecule has 3 aromatic rings. The maximum atomic E-state index is 13.8. The van der Waals surface area contributed by atoms with Crippen LogP contribution in [0, 0.1) is 20.8 Å². The molecule has 0 saturated carbocycles. The summed E-state index contributed by atoms with van der Waals surface area (Å²) in [6.45, 7) is 7.69. The van der Waals surface area contributed by atoms with Crippen LogP contribution in [0.5, 0.6) is 17.2 Å². The molecule has 0 heterocycles. The predicted octanol–water partition coefficient (Wildman–Crippen LogP) is 4.86. The van der Waals surface area contributed by atoms with Gasteiger partial charge in [0.15, 0.2) is 11.5 Å². The highest BCUT2D eigenvalue weighted by Gasteiger charge is 2.29. The van der Waals surface area contributed by atoms with Crippen molar-refractivity contribution in [1.82, 2.24) is 0 Å². The van der Waals surface area contributed by atoms with Gasteiger partial charge in [-0.25, -0.2) is 8.42 Å². The van der Waals surface area contributed by atoms with E-state index < -0.39 is 22.5 Å². The summed E-state index contributed by atoms with van der Waals surface area (Å²) in [6, 6.07) is 14.8. The van der Waals surface area contributed by atoms with E-state index in [0.717, 1.165) is 21.0 Å². The van der Waals surface area contributed by atoms with Crippen LogP contribution in [0.4, 0.5) is 11.4 Å². The zero-order valence-electron chi connectivity index (χ0n) is 21.4. The lowest BCUT2D eigenvalue weighted by molar-refractivity contribution is -0.114. The number of sulfonamides is 1. The summed E-state index contributed by atoms with van der Waals surface area (Å²) < 4.78 is 44.7. The molecule has 0 aromatic heterocycles. The molecule has 8 nitrogen and oxygen atoms in total. The lowest BCUT2D eigenvalue weighted by Crippen LogP contribution is -2.38. The Labute approximate surface area is 212 Å². The van der Waals surface area contributed by atoms with Crippen molar-refractivity contribution in [2.24, 2.45) is 0 Å². The molecular weight excluding hydrogens is 480 g/mol. The number of methoxy groups -OCH3 is 2. The van der Waals surface area contributed by atoms with Crippen LogP contribution in [-0.2, 0) is 14.8 Å². The molecule has 0 aliphatic carbocycles. The Kier molecular flexibility index (Phi) is 8.47. The maximum absolute atomic E-state index is 13.8. The van der Waals surface area contributed by atoms with Crippen LogP contribution in [-0.4, -0.2) is 41.7 Å². The van der Waals surface area contributed by atoms with Crippen molar-refractivity contribution in [3.05, 3.63) is 71.3 Å². The summed E-state index contributed by atoms with van der Waals surface area (Å²) >= 11 is 0. The number of anilines is 2. The van der Waals surface area contributed by atoms with Crippen molar-refractivity contribution in [2.45, 2.75) is 32.6 Å². The third kappa shape index (κ3) is 5.91. The minimum absolute atomic E-state index is 0.0375. The average Bonchev–Trinajstić information content (AvgIpc) is 2.85. The number of benzene rings is 3. The van der Waals surface area contributed by atoms with Crippen LogP contribution in [0.25, 0.3) is 0 Å². The lowest BCUT2D eigenvalue weighted by Gasteiger charge is -2.25. The third-order valence-electron chi connectivity index (χ3n) is 5.61. The lowest BCUT2D eigenvalue weighted by atomic mass is 10.1. The quantitative estimate of drug-likeness (QED) is 0.417. The number of amides is 1. The van der Waals surface area contributed by atoms with Crippen LogP contribution < -0.4 is 23.8 Å². The molecule has 0 spiro atoms. The number of rotatable bonds is 10. The highest BCUT2D eigenvalue weighted by atomic mass is 32.2. The van der Waals surface area contributed by atoms with E-state index in [1.54, 1.807) is 24.3 Å². The van der Waals surface area contributed by atoms with E-state index >= 15 is 0 Å². The zero-order valence-corrected chi connectivity index (χ0v) is 22.2. The summed E-state index contributed by atoms with van der Waals surface area (Å²) in [7, 11) is -1.26. The van der Waals surface area contributed by atoms with Gasteiger partial charge in [-0.15, -0.1) is 0 Å². The molecule has 36 heavy (non-hydrogen) atoms. The fourth-order valence-corrected chi connectivity index (χ4v) is 5.42. The maximum Gasteiger partial charge on any atom is 0.264 e. The number of hydrogen-bond donors (Lipinski definition) is 1. The van der Waals surface area contributed by atoms with Crippen molar-refractivity contribution >= 4 is 27.3 Å². The highest BCUT2D eigenvalue weighted by Crippen LogP contribution is 2.33. The number of carbonyl (C=O) groups is 1. The Morgan fingerprint density at radius 3 is 2.06 bits per heavy atom. The fraction of sp³-hybridized carbons (Fsp3) is 0.296. The van der Waals surface area contributed by atoms with Gasteiger partial charge in [0.1, 0.15) is 12.3 Å². The Balaban J connectivity index is 2.01. The Morgan fingerprint density at radius 1 is 0.889 bits per heavy atom. The second kappa shape index (κ2) is 11.3. The molecule has 0 saturated heterocycles. The molecule has 0 aliphatic rings. The molecule has 1 amide bonds. The molecule has 1 N–H and O–H groups in total. The van der Waals surface area contributed by atoms with Gasteiger partial charge in [0.25, 0.3) is 10.0 Å². The first-order chi connectivity index (χ1) is 17.1. The monoisotopic (exact) mass is 512 g/mol. The van der Waals surface area contributed by atoms with Crippen LogP contribution in [0.15, 0.2) is 59.5 Å². The zero-order chi connectivity index (χ0) is 26.5. The third-order valence-corrected chi connectivity index (χ3v) is 7.38. The van der Waals surface area contributed by atoms with Crippen LogP contribution >= 0.6 is 0 Å². The van der Waals surface area contributed by atoms with Crippen molar-refractivity contribution in [3.63, 3.8) is 0 Å². The smallest absolute Gasteiger partial charge is 0.264 e. The first-order valence-electron chi connectivity index (χ1n) is 11.5. The number of nitrogens with one attached hydrogen (secondary N) is 1. The highest BCUT2D eigenvalue weighted by molar-refractivity contribution is 7.92. The summed E-state index contributed by atoms with van der Waals surface area (Å²) in [5.74, 6) is 0.788. The molecule has 0 fully saturated rings. The molecular formula is C27H32N2O6S. The van der Waals surface area contributed by atoms with Crippen molar-refractivity contribution < 1.29 is 27.4 Å². The molecule has 0 aliphatic heterocycles. The number of hydrogen-bond acceptors (Lipinski definition) is 6. The Hall–Kier alpha value is -3.72. The van der Waals surface area contributed by atoms with Gasteiger partial charge in [0.2, 0.25) is 5.91 Å². The van der Waals surface area contributed by atoms with Crippen molar-refractivity contribution in [1.29, 1.82) is 0 Å². The normalized spacial score (nSPS) is 11.1. The van der Waals surface area contributed by atoms with Gasteiger partial charge in [-0.05, 0) is 75.2 Å². The predicted molar refractivity (Wildman–Crippen MR) is 141 cm³/mol. The molecule has 0 unspecified atom stereocenters. The first-order valence-corrected chi connectivity index (χ1v) is 12.9. The van der Waals surface area contributed by atoms with E-state index in [4.69, 9.17) is 14.2 Å². The van der Waals surface area contributed by atoms with Crippen LogP contribution in [0.1, 0.15) is 23.6 Å². The van der Waals surface area contributed by atoms with Crippen LogP contribution in [0.2, 0.25) is 0 Å².